The molecule has 20 heavy (non-hydrogen) atoms. The van der Waals surface area contributed by atoms with Gasteiger partial charge in [-0.05, 0) is 19.9 Å². The molecule has 0 amide bonds. The zero-order valence-corrected chi connectivity index (χ0v) is 12.4. The SMILES string of the molecule is CCOc1cccc(CCl)c1OCc1ncnn1CC. The van der Waals surface area contributed by atoms with Crippen molar-refractivity contribution in [2.24, 2.45) is 0 Å². The largest absolute Gasteiger partial charge is 0.490 e. The highest BCUT2D eigenvalue weighted by Gasteiger charge is 2.12. The Morgan fingerprint density at radius 2 is 2.10 bits per heavy atom. The summed E-state index contributed by atoms with van der Waals surface area (Å²) in [6, 6.07) is 5.71. The number of para-hydroxylation sites is 1. The first-order valence-electron chi connectivity index (χ1n) is 6.60. The van der Waals surface area contributed by atoms with Gasteiger partial charge >= 0.3 is 0 Å². The van der Waals surface area contributed by atoms with E-state index in [-0.39, 0.29) is 0 Å². The Balaban J connectivity index is 2.19. The van der Waals surface area contributed by atoms with Gasteiger partial charge in [0.1, 0.15) is 12.9 Å². The first-order chi connectivity index (χ1) is 9.80. The predicted molar refractivity (Wildman–Crippen MR) is 77.2 cm³/mol. The second-order valence-electron chi connectivity index (χ2n) is 4.09. The van der Waals surface area contributed by atoms with E-state index in [1.807, 2.05) is 32.0 Å². The van der Waals surface area contributed by atoms with E-state index in [1.165, 1.54) is 6.33 Å². The highest BCUT2D eigenvalue weighted by Crippen LogP contribution is 2.32. The predicted octanol–water partition coefficient (Wildman–Crippen LogP) is 3.01. The molecular formula is C14H18ClN3O2. The molecular weight excluding hydrogens is 278 g/mol. The summed E-state index contributed by atoms with van der Waals surface area (Å²) >= 11 is 5.95. The first kappa shape index (κ1) is 14.7. The van der Waals surface area contributed by atoms with Crippen LogP contribution in [0.1, 0.15) is 25.2 Å². The molecule has 0 aliphatic rings. The molecule has 2 rings (SSSR count). The molecule has 0 spiro atoms. The molecule has 6 heteroatoms. The monoisotopic (exact) mass is 295 g/mol. The summed E-state index contributed by atoms with van der Waals surface area (Å²) in [5.74, 6) is 2.53. The molecule has 0 N–H and O–H groups in total. The minimum atomic E-state index is 0.335. The third-order valence-electron chi connectivity index (χ3n) is 2.85. The van der Waals surface area contributed by atoms with Crippen molar-refractivity contribution in [2.45, 2.75) is 32.9 Å². The fourth-order valence-electron chi connectivity index (χ4n) is 1.90. The number of rotatable bonds is 7. The summed E-state index contributed by atoms with van der Waals surface area (Å²) in [6.45, 7) is 5.62. The van der Waals surface area contributed by atoms with Crippen LogP contribution in [-0.2, 0) is 19.0 Å². The maximum Gasteiger partial charge on any atom is 0.166 e. The third kappa shape index (κ3) is 3.22. The van der Waals surface area contributed by atoms with Crippen LogP contribution in [0.2, 0.25) is 0 Å². The van der Waals surface area contributed by atoms with Crippen molar-refractivity contribution in [3.63, 3.8) is 0 Å². The fraction of sp³-hybridized carbons (Fsp3) is 0.429. The Morgan fingerprint density at radius 3 is 2.80 bits per heavy atom. The molecule has 1 aromatic heterocycles. The molecule has 0 saturated carbocycles. The summed E-state index contributed by atoms with van der Waals surface area (Å²) in [5, 5.41) is 4.12. The van der Waals surface area contributed by atoms with E-state index in [0.29, 0.717) is 30.6 Å². The van der Waals surface area contributed by atoms with E-state index in [4.69, 9.17) is 21.1 Å². The minimum absolute atomic E-state index is 0.335. The summed E-state index contributed by atoms with van der Waals surface area (Å²) in [4.78, 5) is 4.19. The van der Waals surface area contributed by atoms with Gasteiger partial charge in [0.2, 0.25) is 0 Å². The summed E-state index contributed by atoms with van der Waals surface area (Å²) < 4.78 is 13.2. The minimum Gasteiger partial charge on any atom is -0.490 e. The lowest BCUT2D eigenvalue weighted by molar-refractivity contribution is 0.256. The molecule has 0 aliphatic heterocycles. The molecule has 1 aromatic carbocycles. The van der Waals surface area contributed by atoms with E-state index in [1.54, 1.807) is 4.68 Å². The molecule has 0 aliphatic carbocycles. The van der Waals surface area contributed by atoms with Crippen LogP contribution in [-0.4, -0.2) is 21.4 Å². The molecule has 0 atom stereocenters. The van der Waals surface area contributed by atoms with E-state index >= 15 is 0 Å². The molecule has 0 unspecified atom stereocenters. The van der Waals surface area contributed by atoms with Crippen LogP contribution in [0.15, 0.2) is 24.5 Å². The third-order valence-corrected chi connectivity index (χ3v) is 3.13. The Labute approximate surface area is 123 Å². The Bertz CT molecular complexity index is 557. The maximum absolute atomic E-state index is 5.95. The highest BCUT2D eigenvalue weighted by molar-refractivity contribution is 6.17. The summed E-state index contributed by atoms with van der Waals surface area (Å²) in [6.07, 6.45) is 1.53. The van der Waals surface area contributed by atoms with Crippen molar-refractivity contribution >= 4 is 11.6 Å². The van der Waals surface area contributed by atoms with Crippen LogP contribution in [0.3, 0.4) is 0 Å². The van der Waals surface area contributed by atoms with Gasteiger partial charge in [-0.3, -0.25) is 0 Å². The molecule has 2 aromatic rings. The molecule has 108 valence electrons. The summed E-state index contributed by atoms with van der Waals surface area (Å²) in [7, 11) is 0. The molecule has 0 saturated heterocycles. The zero-order chi connectivity index (χ0) is 14.4. The van der Waals surface area contributed by atoms with Gasteiger partial charge in [0.15, 0.2) is 17.3 Å². The van der Waals surface area contributed by atoms with Crippen LogP contribution < -0.4 is 9.47 Å². The Hall–Kier alpha value is -1.75. The van der Waals surface area contributed by atoms with Gasteiger partial charge in [0.25, 0.3) is 0 Å². The second-order valence-corrected chi connectivity index (χ2v) is 4.36. The van der Waals surface area contributed by atoms with Crippen molar-refractivity contribution in [1.29, 1.82) is 0 Å². The van der Waals surface area contributed by atoms with Gasteiger partial charge in [-0.2, -0.15) is 5.10 Å². The van der Waals surface area contributed by atoms with Gasteiger partial charge in [-0.25, -0.2) is 9.67 Å². The molecule has 1 heterocycles. The number of benzene rings is 1. The van der Waals surface area contributed by atoms with Gasteiger partial charge in [-0.1, -0.05) is 12.1 Å². The van der Waals surface area contributed by atoms with Gasteiger partial charge in [0, 0.05) is 12.1 Å². The number of hydrogen-bond acceptors (Lipinski definition) is 4. The van der Waals surface area contributed by atoms with E-state index in [9.17, 15) is 0 Å². The number of aromatic nitrogens is 3. The van der Waals surface area contributed by atoms with E-state index in [2.05, 4.69) is 10.1 Å². The number of nitrogens with zero attached hydrogens (tertiary/aromatic N) is 3. The zero-order valence-electron chi connectivity index (χ0n) is 11.7. The van der Waals surface area contributed by atoms with Crippen LogP contribution in [0.25, 0.3) is 0 Å². The normalized spacial score (nSPS) is 10.6. The molecule has 0 bridgehead atoms. The smallest absolute Gasteiger partial charge is 0.166 e. The first-order valence-corrected chi connectivity index (χ1v) is 7.13. The van der Waals surface area contributed by atoms with Crippen LogP contribution in [0.4, 0.5) is 0 Å². The topological polar surface area (TPSA) is 49.2 Å². The van der Waals surface area contributed by atoms with Crippen molar-refractivity contribution < 1.29 is 9.47 Å². The average molecular weight is 296 g/mol. The van der Waals surface area contributed by atoms with Crippen molar-refractivity contribution in [1.82, 2.24) is 14.8 Å². The Kier molecular flexibility index (Phi) is 5.24. The number of aryl methyl sites for hydroxylation is 1. The lowest BCUT2D eigenvalue weighted by Crippen LogP contribution is -2.08. The molecule has 0 radical (unpaired) electrons. The number of halogens is 1. The summed E-state index contributed by atoms with van der Waals surface area (Å²) in [5.41, 5.74) is 0.903. The highest BCUT2D eigenvalue weighted by atomic mass is 35.5. The number of hydrogen-bond donors (Lipinski definition) is 0. The average Bonchev–Trinajstić information content (AvgIpc) is 2.93. The molecule has 0 fully saturated rings. The second kappa shape index (κ2) is 7.14. The quantitative estimate of drug-likeness (QED) is 0.737. The lowest BCUT2D eigenvalue weighted by atomic mass is 10.2. The maximum atomic E-state index is 5.95. The lowest BCUT2D eigenvalue weighted by Gasteiger charge is -2.14. The fourth-order valence-corrected chi connectivity index (χ4v) is 2.11. The molecule has 5 nitrogen and oxygen atoms in total. The van der Waals surface area contributed by atoms with Crippen molar-refractivity contribution in [3.05, 3.63) is 35.9 Å². The van der Waals surface area contributed by atoms with Gasteiger partial charge < -0.3 is 9.47 Å². The van der Waals surface area contributed by atoms with Crippen LogP contribution in [0.5, 0.6) is 11.5 Å². The standard InChI is InChI=1S/C14H18ClN3O2/c1-3-18-13(16-10-17-18)9-20-14-11(8-15)6-5-7-12(14)19-4-2/h5-7,10H,3-4,8-9H2,1-2H3. The van der Waals surface area contributed by atoms with E-state index < -0.39 is 0 Å². The van der Waals surface area contributed by atoms with Gasteiger partial charge in [-0.15, -0.1) is 11.6 Å². The Morgan fingerprint density at radius 1 is 1.25 bits per heavy atom. The number of ether oxygens (including phenoxy) is 2. The van der Waals surface area contributed by atoms with Gasteiger partial charge in [0.05, 0.1) is 12.5 Å². The van der Waals surface area contributed by atoms with Crippen molar-refractivity contribution in [3.8, 4) is 11.5 Å². The van der Waals surface area contributed by atoms with Crippen molar-refractivity contribution in [2.75, 3.05) is 6.61 Å². The number of alkyl halides is 1. The van der Waals surface area contributed by atoms with Crippen LogP contribution >= 0.6 is 11.6 Å². The van der Waals surface area contributed by atoms with Crippen LogP contribution in [0, 0.1) is 0 Å². The van der Waals surface area contributed by atoms with E-state index in [0.717, 1.165) is 17.9 Å².